The summed E-state index contributed by atoms with van der Waals surface area (Å²) in [5.41, 5.74) is 0. The quantitative estimate of drug-likeness (QED) is 0.518. The normalized spacial score (nSPS) is 0. The molecule has 0 aromatic rings. The van der Waals surface area contributed by atoms with E-state index >= 15 is 0 Å². The van der Waals surface area contributed by atoms with Crippen LogP contribution in [0.5, 0.6) is 0 Å². The summed E-state index contributed by atoms with van der Waals surface area (Å²) in [5, 5.41) is 0. The SMILES string of the molecule is [Co].[Mo].[Ni+2].[O-2]. The van der Waals surface area contributed by atoms with Crippen molar-refractivity contribution in [2.24, 2.45) is 0 Å². The standard InChI is InChI=1S/Co.Mo.Ni.O/q;;+2;-2. The second-order valence-corrected chi connectivity index (χ2v) is 0. The Morgan fingerprint density at radius 3 is 1.00 bits per heavy atom. The van der Waals surface area contributed by atoms with Crippen molar-refractivity contribution >= 4 is 0 Å². The molecule has 0 spiro atoms. The Kier molecular flexibility index (Phi) is 256. The van der Waals surface area contributed by atoms with Gasteiger partial charge >= 0.3 is 16.5 Å². The van der Waals surface area contributed by atoms with Crippen molar-refractivity contribution < 1.29 is 59.8 Å². The van der Waals surface area contributed by atoms with Gasteiger partial charge in [-0.1, -0.05) is 0 Å². The maximum absolute atomic E-state index is 0. The van der Waals surface area contributed by atoms with E-state index in [1.165, 1.54) is 0 Å². The van der Waals surface area contributed by atoms with Crippen LogP contribution >= 0.6 is 0 Å². The van der Waals surface area contributed by atoms with Gasteiger partial charge in [0.25, 0.3) is 0 Å². The Bertz CT molecular complexity index is 8.00. The van der Waals surface area contributed by atoms with Crippen LogP contribution in [0.15, 0.2) is 0 Å². The molecule has 0 unspecified atom stereocenters. The van der Waals surface area contributed by atoms with Gasteiger partial charge in [-0.15, -0.1) is 0 Å². The predicted octanol–water partition coefficient (Wildman–Crippen LogP) is -0.126. The van der Waals surface area contributed by atoms with Crippen LogP contribution in [0.4, 0.5) is 0 Å². The minimum Gasteiger partial charge on any atom is -2.00 e. The van der Waals surface area contributed by atoms with Crippen molar-refractivity contribution in [2.45, 2.75) is 0 Å². The van der Waals surface area contributed by atoms with Gasteiger partial charge in [-0.25, -0.2) is 0 Å². The fourth-order valence-corrected chi connectivity index (χ4v) is 0. The van der Waals surface area contributed by atoms with E-state index in [0.717, 1.165) is 0 Å². The second-order valence-electron chi connectivity index (χ2n) is 0. The van der Waals surface area contributed by atoms with E-state index < -0.39 is 0 Å². The fraction of sp³-hybridized carbons (Fsp3) is 0. The molecule has 0 bridgehead atoms. The molecule has 0 saturated carbocycles. The summed E-state index contributed by atoms with van der Waals surface area (Å²) in [4.78, 5) is 0. The first-order chi connectivity index (χ1) is 0. The van der Waals surface area contributed by atoms with E-state index in [4.69, 9.17) is 0 Å². The molecule has 0 heterocycles. The Balaban J connectivity index is 0. The molecule has 4 heteroatoms. The monoisotopic (exact) mass is 231 g/mol. The van der Waals surface area contributed by atoms with Crippen molar-refractivity contribution in [3.05, 3.63) is 0 Å². The minimum absolute atomic E-state index is 0. The summed E-state index contributed by atoms with van der Waals surface area (Å²) in [5.74, 6) is 0. The number of rotatable bonds is 0. The summed E-state index contributed by atoms with van der Waals surface area (Å²) in [6, 6.07) is 0. The summed E-state index contributed by atoms with van der Waals surface area (Å²) in [6.07, 6.45) is 0. The van der Waals surface area contributed by atoms with E-state index in [-0.39, 0.29) is 59.8 Å². The maximum atomic E-state index is 0. The molecule has 0 rings (SSSR count). The number of hydrogen-bond donors (Lipinski definition) is 0. The third-order valence-electron chi connectivity index (χ3n) is 0. The molecule has 0 atom stereocenters. The largest absolute Gasteiger partial charge is 2.00 e. The topological polar surface area (TPSA) is 28.5 Å². The van der Waals surface area contributed by atoms with Gasteiger partial charge in [0.05, 0.1) is 0 Å². The molecular formula is CoMoNiO. The van der Waals surface area contributed by atoms with Crippen molar-refractivity contribution in [3.63, 3.8) is 0 Å². The maximum Gasteiger partial charge on any atom is 2.00 e. The molecule has 0 saturated heterocycles. The fourth-order valence-electron chi connectivity index (χ4n) is 0. The van der Waals surface area contributed by atoms with Crippen LogP contribution in [0.25, 0.3) is 0 Å². The zero-order chi connectivity index (χ0) is 0. The minimum atomic E-state index is 0. The van der Waals surface area contributed by atoms with E-state index in [2.05, 4.69) is 0 Å². The van der Waals surface area contributed by atoms with Gasteiger partial charge in [-0.2, -0.15) is 0 Å². The molecule has 0 aliphatic heterocycles. The van der Waals surface area contributed by atoms with Gasteiger partial charge in [0.15, 0.2) is 0 Å². The van der Waals surface area contributed by atoms with Crippen LogP contribution in [0, 0.1) is 0 Å². The van der Waals surface area contributed by atoms with E-state index in [1.807, 2.05) is 0 Å². The molecule has 0 aromatic carbocycles. The van der Waals surface area contributed by atoms with Crippen LogP contribution in [-0.2, 0) is 59.8 Å². The van der Waals surface area contributed by atoms with Crippen molar-refractivity contribution in [1.82, 2.24) is 0 Å². The van der Waals surface area contributed by atoms with Crippen molar-refractivity contribution in [3.8, 4) is 0 Å². The zero-order valence-corrected chi connectivity index (χ0v) is 5.50. The third kappa shape index (κ3) is 9.42. The average Bonchev–Trinajstić information content (AvgIpc) is 0. The molecule has 0 aromatic heterocycles. The second kappa shape index (κ2) is 22.8. The Morgan fingerprint density at radius 1 is 1.00 bits per heavy atom. The van der Waals surface area contributed by atoms with Gasteiger partial charge in [-0.05, 0) is 0 Å². The predicted molar refractivity (Wildman–Crippen MR) is 0.686 cm³/mol. The summed E-state index contributed by atoms with van der Waals surface area (Å²) in [7, 11) is 0. The first-order valence-electron chi connectivity index (χ1n) is 0. The third-order valence-corrected chi connectivity index (χ3v) is 0. The molecule has 4 heavy (non-hydrogen) atoms. The van der Waals surface area contributed by atoms with Crippen LogP contribution < -0.4 is 0 Å². The van der Waals surface area contributed by atoms with Gasteiger partial charge in [-0.3, -0.25) is 0 Å². The van der Waals surface area contributed by atoms with Crippen molar-refractivity contribution in [1.29, 1.82) is 0 Å². The zero-order valence-electron chi connectivity index (χ0n) is 1.47. The molecule has 0 N–H and O–H groups in total. The van der Waals surface area contributed by atoms with Crippen LogP contribution in [0.3, 0.4) is 0 Å². The Hall–Kier alpha value is 1.65. The van der Waals surface area contributed by atoms with E-state index in [0.29, 0.717) is 0 Å². The summed E-state index contributed by atoms with van der Waals surface area (Å²) in [6.45, 7) is 0. The first kappa shape index (κ1) is 44.9. The smallest absolute Gasteiger partial charge is 2.00 e. The summed E-state index contributed by atoms with van der Waals surface area (Å²) < 4.78 is 0. The molecule has 0 aliphatic rings. The summed E-state index contributed by atoms with van der Waals surface area (Å²) >= 11 is 0. The molecular weight excluding hydrogens is 230 g/mol. The molecule has 0 aliphatic carbocycles. The van der Waals surface area contributed by atoms with Crippen LogP contribution in [-0.4, -0.2) is 0 Å². The van der Waals surface area contributed by atoms with Gasteiger partial charge < -0.3 is 5.48 Å². The Labute approximate surface area is 59.6 Å². The van der Waals surface area contributed by atoms with Crippen molar-refractivity contribution in [2.75, 3.05) is 0 Å². The van der Waals surface area contributed by atoms with E-state index in [9.17, 15) is 0 Å². The average molecular weight is 230 g/mol. The first-order valence-corrected chi connectivity index (χ1v) is 0. The van der Waals surface area contributed by atoms with Crippen LogP contribution in [0.1, 0.15) is 0 Å². The van der Waals surface area contributed by atoms with Crippen LogP contribution in [0.2, 0.25) is 0 Å². The number of hydrogen-bond acceptors (Lipinski definition) is 0. The molecule has 31 valence electrons. The van der Waals surface area contributed by atoms with Gasteiger partial charge in [0.2, 0.25) is 0 Å². The Morgan fingerprint density at radius 2 is 1.00 bits per heavy atom. The van der Waals surface area contributed by atoms with Gasteiger partial charge in [0, 0.05) is 37.8 Å². The molecule has 1 nitrogen and oxygen atoms in total. The molecule has 0 amide bonds. The molecule has 0 fully saturated rings. The van der Waals surface area contributed by atoms with E-state index in [1.54, 1.807) is 0 Å². The molecule has 1 radical (unpaired) electrons. The van der Waals surface area contributed by atoms with Gasteiger partial charge in [0.1, 0.15) is 0 Å².